The molecule has 3 aromatic carbocycles. The molecule has 1 amide bonds. The summed E-state index contributed by atoms with van der Waals surface area (Å²) in [6.45, 7) is 2.44. The zero-order valence-corrected chi connectivity index (χ0v) is 20.5. The van der Waals surface area contributed by atoms with E-state index < -0.39 is 0 Å². The number of rotatable bonds is 8. The molecule has 5 aromatic rings. The molecule has 2 heterocycles. The molecule has 0 aliphatic carbocycles. The van der Waals surface area contributed by atoms with Crippen LogP contribution in [0.2, 0.25) is 0 Å². The molecule has 37 heavy (non-hydrogen) atoms. The highest BCUT2D eigenvalue weighted by molar-refractivity contribution is 6.08. The van der Waals surface area contributed by atoms with Crippen LogP contribution in [0.1, 0.15) is 21.5 Å². The molecular weight excluding hydrogens is 466 g/mol. The van der Waals surface area contributed by atoms with Crippen LogP contribution in [0.25, 0.3) is 11.3 Å². The lowest BCUT2D eigenvalue weighted by atomic mass is 10.1. The SMILES string of the molecule is COc1cccc(-c2nn(Cc3ccccc3)cc2C(=O)Nc2ccc(Oc3ncccn3)cc2C)c1. The van der Waals surface area contributed by atoms with Crippen molar-refractivity contribution in [3.8, 4) is 28.8 Å². The van der Waals surface area contributed by atoms with Gasteiger partial charge in [0.15, 0.2) is 0 Å². The van der Waals surface area contributed by atoms with Crippen molar-refractivity contribution in [2.24, 2.45) is 0 Å². The molecule has 0 atom stereocenters. The number of hydrogen-bond donors (Lipinski definition) is 1. The molecule has 1 N–H and O–H groups in total. The number of carbonyl (C=O) groups is 1. The summed E-state index contributed by atoms with van der Waals surface area (Å²) in [5, 5.41) is 7.79. The van der Waals surface area contributed by atoms with Crippen molar-refractivity contribution in [1.29, 1.82) is 0 Å². The van der Waals surface area contributed by atoms with Gasteiger partial charge < -0.3 is 14.8 Å². The van der Waals surface area contributed by atoms with Crippen molar-refractivity contribution in [2.45, 2.75) is 13.5 Å². The van der Waals surface area contributed by atoms with E-state index in [1.165, 1.54) is 0 Å². The maximum absolute atomic E-state index is 13.5. The fraction of sp³-hybridized carbons (Fsp3) is 0.103. The summed E-state index contributed by atoms with van der Waals surface area (Å²) in [5.74, 6) is 1.00. The molecule has 184 valence electrons. The minimum Gasteiger partial charge on any atom is -0.497 e. The first-order valence-electron chi connectivity index (χ1n) is 11.7. The van der Waals surface area contributed by atoms with Gasteiger partial charge in [0.1, 0.15) is 17.2 Å². The van der Waals surface area contributed by atoms with E-state index in [4.69, 9.17) is 14.6 Å². The topological polar surface area (TPSA) is 91.2 Å². The molecule has 0 saturated heterocycles. The molecule has 0 fully saturated rings. The molecule has 5 rings (SSSR count). The quantitative estimate of drug-likeness (QED) is 0.297. The second kappa shape index (κ2) is 10.7. The smallest absolute Gasteiger partial charge is 0.321 e. The molecule has 0 spiro atoms. The summed E-state index contributed by atoms with van der Waals surface area (Å²) in [5.41, 5.74) is 4.41. The second-order valence-electron chi connectivity index (χ2n) is 8.37. The number of ether oxygens (including phenoxy) is 2. The van der Waals surface area contributed by atoms with Crippen LogP contribution in [0.15, 0.2) is 97.5 Å². The van der Waals surface area contributed by atoms with E-state index in [2.05, 4.69) is 15.3 Å². The van der Waals surface area contributed by atoms with Crippen LogP contribution in [0.3, 0.4) is 0 Å². The summed E-state index contributed by atoms with van der Waals surface area (Å²) in [7, 11) is 1.61. The van der Waals surface area contributed by atoms with Crippen LogP contribution >= 0.6 is 0 Å². The number of methoxy groups -OCH3 is 1. The monoisotopic (exact) mass is 491 g/mol. The van der Waals surface area contributed by atoms with Gasteiger partial charge in [-0.25, -0.2) is 9.97 Å². The zero-order chi connectivity index (χ0) is 25.6. The summed E-state index contributed by atoms with van der Waals surface area (Å²) < 4.78 is 12.9. The molecule has 2 aromatic heterocycles. The van der Waals surface area contributed by atoms with Gasteiger partial charge in [0.2, 0.25) is 0 Å². The molecule has 0 saturated carbocycles. The van der Waals surface area contributed by atoms with Crippen molar-refractivity contribution < 1.29 is 14.3 Å². The van der Waals surface area contributed by atoms with Crippen molar-refractivity contribution in [3.63, 3.8) is 0 Å². The lowest BCUT2D eigenvalue weighted by Crippen LogP contribution is -2.13. The highest BCUT2D eigenvalue weighted by Gasteiger charge is 2.20. The fourth-order valence-corrected chi connectivity index (χ4v) is 3.90. The normalized spacial score (nSPS) is 10.6. The fourth-order valence-electron chi connectivity index (χ4n) is 3.90. The second-order valence-corrected chi connectivity index (χ2v) is 8.37. The Morgan fingerprint density at radius 1 is 0.919 bits per heavy atom. The third-order valence-electron chi connectivity index (χ3n) is 5.73. The number of nitrogens with zero attached hydrogens (tertiary/aromatic N) is 4. The van der Waals surface area contributed by atoms with Gasteiger partial charge in [-0.1, -0.05) is 42.5 Å². The number of nitrogens with one attached hydrogen (secondary N) is 1. The van der Waals surface area contributed by atoms with Crippen LogP contribution in [0.5, 0.6) is 17.5 Å². The van der Waals surface area contributed by atoms with Crippen molar-refractivity contribution in [2.75, 3.05) is 12.4 Å². The predicted octanol–water partition coefficient (Wildman–Crippen LogP) is 5.75. The molecule has 8 nitrogen and oxygen atoms in total. The minimum absolute atomic E-state index is 0.257. The van der Waals surface area contributed by atoms with Crippen LogP contribution in [-0.2, 0) is 6.54 Å². The molecule has 8 heteroatoms. The lowest BCUT2D eigenvalue weighted by Gasteiger charge is -2.11. The van der Waals surface area contributed by atoms with Crippen molar-refractivity contribution in [3.05, 3.63) is 114 Å². The Balaban J connectivity index is 1.43. The third kappa shape index (κ3) is 5.65. The van der Waals surface area contributed by atoms with Gasteiger partial charge in [0.05, 0.1) is 19.2 Å². The Morgan fingerprint density at radius 2 is 1.73 bits per heavy atom. The van der Waals surface area contributed by atoms with Crippen LogP contribution in [0.4, 0.5) is 5.69 Å². The third-order valence-corrected chi connectivity index (χ3v) is 5.73. The van der Waals surface area contributed by atoms with Gasteiger partial charge in [0, 0.05) is 29.8 Å². The van der Waals surface area contributed by atoms with E-state index in [0.717, 1.165) is 16.7 Å². The number of anilines is 1. The number of amides is 1. The van der Waals surface area contributed by atoms with E-state index in [0.29, 0.717) is 35.0 Å². The van der Waals surface area contributed by atoms with Crippen LogP contribution in [0, 0.1) is 6.92 Å². The highest BCUT2D eigenvalue weighted by Crippen LogP contribution is 2.28. The molecule has 0 bridgehead atoms. The van der Waals surface area contributed by atoms with Crippen LogP contribution in [-0.4, -0.2) is 32.8 Å². The Labute approximate surface area is 214 Å². The molecule has 0 radical (unpaired) electrons. The Hall–Kier alpha value is -4.98. The predicted molar refractivity (Wildman–Crippen MR) is 141 cm³/mol. The highest BCUT2D eigenvalue weighted by atomic mass is 16.5. The zero-order valence-electron chi connectivity index (χ0n) is 20.5. The Kier molecular flexibility index (Phi) is 6.89. The van der Waals surface area contributed by atoms with E-state index >= 15 is 0 Å². The van der Waals surface area contributed by atoms with E-state index in [9.17, 15) is 4.79 Å². The van der Waals surface area contributed by atoms with Gasteiger partial charge in [-0.05, 0) is 54.4 Å². The standard InChI is InChI=1S/C29H25N5O3/c1-20-16-24(37-29-30-14-7-15-31-29)12-13-26(20)32-28(35)25-19-34(18-21-8-4-3-5-9-21)33-27(25)22-10-6-11-23(17-22)36-2/h3-17,19H,18H2,1-2H3,(H,32,35). The average Bonchev–Trinajstić information content (AvgIpc) is 3.35. The van der Waals surface area contributed by atoms with Gasteiger partial charge >= 0.3 is 6.01 Å². The molecule has 0 aliphatic rings. The first-order valence-corrected chi connectivity index (χ1v) is 11.7. The first-order chi connectivity index (χ1) is 18.1. The minimum atomic E-state index is -0.264. The molecule has 0 unspecified atom stereocenters. The summed E-state index contributed by atoms with van der Waals surface area (Å²) in [4.78, 5) is 21.7. The first kappa shape index (κ1) is 23.7. The van der Waals surface area contributed by atoms with Gasteiger partial charge in [-0.15, -0.1) is 0 Å². The number of carbonyl (C=O) groups excluding carboxylic acids is 1. The number of aryl methyl sites for hydroxylation is 1. The van der Waals surface area contributed by atoms with Gasteiger partial charge in [0.25, 0.3) is 5.91 Å². The maximum atomic E-state index is 13.5. The van der Waals surface area contributed by atoms with E-state index in [-0.39, 0.29) is 11.9 Å². The van der Waals surface area contributed by atoms with Crippen LogP contribution < -0.4 is 14.8 Å². The lowest BCUT2D eigenvalue weighted by molar-refractivity contribution is 0.102. The average molecular weight is 492 g/mol. The summed E-state index contributed by atoms with van der Waals surface area (Å²) >= 11 is 0. The van der Waals surface area contributed by atoms with Crippen molar-refractivity contribution in [1.82, 2.24) is 19.7 Å². The molecular formula is C29H25N5O3. The van der Waals surface area contributed by atoms with Gasteiger partial charge in [-0.3, -0.25) is 9.48 Å². The van der Waals surface area contributed by atoms with Crippen molar-refractivity contribution >= 4 is 11.6 Å². The Morgan fingerprint density at radius 3 is 2.49 bits per heavy atom. The maximum Gasteiger partial charge on any atom is 0.321 e. The molecule has 0 aliphatic heterocycles. The summed E-state index contributed by atoms with van der Waals surface area (Å²) in [6, 6.07) is 24.9. The summed E-state index contributed by atoms with van der Waals surface area (Å²) in [6.07, 6.45) is 5.00. The number of benzene rings is 3. The largest absolute Gasteiger partial charge is 0.497 e. The van der Waals surface area contributed by atoms with E-state index in [1.54, 1.807) is 48.6 Å². The Bertz CT molecular complexity index is 1520. The number of aromatic nitrogens is 4. The number of hydrogen-bond acceptors (Lipinski definition) is 6. The van der Waals surface area contributed by atoms with E-state index in [1.807, 2.05) is 67.6 Å². The van der Waals surface area contributed by atoms with Gasteiger partial charge in [-0.2, -0.15) is 5.10 Å².